The molecule has 4 nitrogen and oxygen atoms in total. The summed E-state index contributed by atoms with van der Waals surface area (Å²) < 4.78 is 5.23. The molecule has 1 saturated heterocycles. The van der Waals surface area contributed by atoms with E-state index in [1.54, 1.807) is 0 Å². The van der Waals surface area contributed by atoms with Gasteiger partial charge in [0.2, 0.25) is 0 Å². The van der Waals surface area contributed by atoms with Crippen LogP contribution in [0.25, 0.3) is 0 Å². The number of amides is 1. The van der Waals surface area contributed by atoms with Crippen molar-refractivity contribution in [3.05, 3.63) is 0 Å². The molecule has 4 heteroatoms. The van der Waals surface area contributed by atoms with Gasteiger partial charge < -0.3 is 15.4 Å². The molecule has 1 aliphatic carbocycles. The number of ether oxygens (including phenoxy) is 1. The normalized spacial score (nSPS) is 34.2. The van der Waals surface area contributed by atoms with Gasteiger partial charge in [0, 0.05) is 12.1 Å². The van der Waals surface area contributed by atoms with E-state index in [0.29, 0.717) is 6.04 Å². The molecule has 2 aliphatic rings. The molecule has 0 spiro atoms. The van der Waals surface area contributed by atoms with Crippen LogP contribution in [0.2, 0.25) is 0 Å². The Kier molecular flexibility index (Phi) is 2.63. The minimum atomic E-state index is -0.408. The molecular formula is C11H20N2O2. The summed E-state index contributed by atoms with van der Waals surface area (Å²) in [5.41, 5.74) is -0.408. The first kappa shape index (κ1) is 10.7. The Morgan fingerprint density at radius 2 is 2.13 bits per heavy atom. The lowest BCUT2D eigenvalue weighted by Crippen LogP contribution is -2.49. The number of carbonyl (C=O) groups is 1. The van der Waals surface area contributed by atoms with Gasteiger partial charge in [-0.25, -0.2) is 4.79 Å². The topological polar surface area (TPSA) is 50.4 Å². The lowest BCUT2D eigenvalue weighted by atomic mass is 10.1. The summed E-state index contributed by atoms with van der Waals surface area (Å²) in [6.45, 7) is 6.75. The Labute approximate surface area is 90.8 Å². The van der Waals surface area contributed by atoms with Gasteiger partial charge in [0.25, 0.3) is 0 Å². The van der Waals surface area contributed by atoms with Crippen molar-refractivity contribution in [2.24, 2.45) is 5.92 Å². The summed E-state index contributed by atoms with van der Waals surface area (Å²) in [4.78, 5) is 11.5. The molecule has 3 atom stereocenters. The Balaban J connectivity index is 1.80. The van der Waals surface area contributed by atoms with E-state index in [4.69, 9.17) is 4.74 Å². The zero-order valence-electron chi connectivity index (χ0n) is 9.67. The molecule has 2 bridgehead atoms. The SMILES string of the molecule is CC(C)(C)OC(=O)N[C@@H]1C[C@@H]2CN[C@H]1C2. The second-order valence-corrected chi connectivity index (χ2v) is 5.60. The summed E-state index contributed by atoms with van der Waals surface area (Å²) >= 11 is 0. The lowest BCUT2D eigenvalue weighted by Gasteiger charge is -2.26. The Morgan fingerprint density at radius 3 is 2.60 bits per heavy atom. The summed E-state index contributed by atoms with van der Waals surface area (Å²) in [7, 11) is 0. The van der Waals surface area contributed by atoms with E-state index in [-0.39, 0.29) is 12.1 Å². The summed E-state index contributed by atoms with van der Waals surface area (Å²) in [5.74, 6) is 0.745. The van der Waals surface area contributed by atoms with Crippen molar-refractivity contribution < 1.29 is 9.53 Å². The van der Waals surface area contributed by atoms with Crippen molar-refractivity contribution in [3.63, 3.8) is 0 Å². The van der Waals surface area contributed by atoms with E-state index in [1.165, 1.54) is 6.42 Å². The molecule has 2 rings (SSSR count). The van der Waals surface area contributed by atoms with E-state index in [2.05, 4.69) is 10.6 Å². The summed E-state index contributed by atoms with van der Waals surface area (Å²) in [5, 5.41) is 6.35. The second kappa shape index (κ2) is 3.67. The highest BCUT2D eigenvalue weighted by molar-refractivity contribution is 5.68. The van der Waals surface area contributed by atoms with Gasteiger partial charge in [-0.2, -0.15) is 0 Å². The fraction of sp³-hybridized carbons (Fsp3) is 0.909. The third-order valence-electron chi connectivity index (χ3n) is 3.03. The van der Waals surface area contributed by atoms with Gasteiger partial charge >= 0.3 is 6.09 Å². The molecule has 2 N–H and O–H groups in total. The molecule has 15 heavy (non-hydrogen) atoms. The fourth-order valence-electron chi connectivity index (χ4n) is 2.47. The third kappa shape index (κ3) is 2.62. The van der Waals surface area contributed by atoms with Crippen LogP contribution in [-0.2, 0) is 4.74 Å². The molecule has 2 fully saturated rings. The molecule has 1 saturated carbocycles. The van der Waals surface area contributed by atoms with Crippen LogP contribution in [0.4, 0.5) is 4.79 Å². The minimum Gasteiger partial charge on any atom is -0.444 e. The van der Waals surface area contributed by atoms with Gasteiger partial charge in [-0.3, -0.25) is 0 Å². The zero-order chi connectivity index (χ0) is 11.1. The highest BCUT2D eigenvalue weighted by Gasteiger charge is 2.40. The smallest absolute Gasteiger partial charge is 0.407 e. The minimum absolute atomic E-state index is 0.263. The van der Waals surface area contributed by atoms with Crippen LogP contribution in [0.15, 0.2) is 0 Å². The largest absolute Gasteiger partial charge is 0.444 e. The summed E-state index contributed by atoms with van der Waals surface area (Å²) in [6, 6.07) is 0.723. The first-order chi connectivity index (χ1) is 6.94. The highest BCUT2D eigenvalue weighted by Crippen LogP contribution is 2.31. The van der Waals surface area contributed by atoms with Crippen molar-refractivity contribution in [3.8, 4) is 0 Å². The average Bonchev–Trinajstić information content (AvgIpc) is 2.60. The molecule has 1 aliphatic heterocycles. The molecule has 1 amide bonds. The van der Waals surface area contributed by atoms with Crippen LogP contribution >= 0.6 is 0 Å². The maximum absolute atomic E-state index is 11.5. The summed E-state index contributed by atoms with van der Waals surface area (Å²) in [6.07, 6.45) is 2.00. The van der Waals surface area contributed by atoms with Gasteiger partial charge in [-0.05, 0) is 46.1 Å². The molecule has 0 aromatic heterocycles. The molecule has 1 heterocycles. The fourth-order valence-corrected chi connectivity index (χ4v) is 2.47. The first-order valence-electron chi connectivity index (χ1n) is 5.67. The van der Waals surface area contributed by atoms with E-state index in [1.807, 2.05) is 20.8 Å². The maximum Gasteiger partial charge on any atom is 0.407 e. The number of carbonyl (C=O) groups excluding carboxylic acids is 1. The van der Waals surface area contributed by atoms with Crippen LogP contribution in [0.3, 0.4) is 0 Å². The van der Waals surface area contributed by atoms with Gasteiger partial charge in [0.1, 0.15) is 5.60 Å². The van der Waals surface area contributed by atoms with Crippen molar-refractivity contribution in [2.45, 2.75) is 51.3 Å². The van der Waals surface area contributed by atoms with Crippen molar-refractivity contribution in [1.82, 2.24) is 10.6 Å². The predicted octanol–water partition coefficient (Wildman–Crippen LogP) is 1.26. The molecule has 86 valence electrons. The van der Waals surface area contributed by atoms with Crippen molar-refractivity contribution >= 4 is 6.09 Å². The average molecular weight is 212 g/mol. The first-order valence-corrected chi connectivity index (χ1v) is 5.67. The van der Waals surface area contributed by atoms with Crippen LogP contribution in [0.1, 0.15) is 33.6 Å². The number of alkyl carbamates (subject to hydrolysis) is 1. The number of fused-ring (bicyclic) bond motifs is 2. The van der Waals surface area contributed by atoms with Crippen molar-refractivity contribution in [2.75, 3.05) is 6.54 Å². The van der Waals surface area contributed by atoms with Crippen molar-refractivity contribution in [1.29, 1.82) is 0 Å². The Morgan fingerprint density at radius 1 is 1.40 bits per heavy atom. The van der Waals surface area contributed by atoms with Gasteiger partial charge in [-0.1, -0.05) is 0 Å². The van der Waals surface area contributed by atoms with Gasteiger partial charge in [0.05, 0.1) is 0 Å². The van der Waals surface area contributed by atoms with E-state index in [0.717, 1.165) is 18.9 Å². The molecule has 0 unspecified atom stereocenters. The maximum atomic E-state index is 11.5. The van der Waals surface area contributed by atoms with Crippen LogP contribution < -0.4 is 10.6 Å². The number of nitrogens with one attached hydrogen (secondary N) is 2. The van der Waals surface area contributed by atoms with Gasteiger partial charge in [-0.15, -0.1) is 0 Å². The van der Waals surface area contributed by atoms with Gasteiger partial charge in [0.15, 0.2) is 0 Å². The molecule has 0 radical (unpaired) electrons. The van der Waals surface area contributed by atoms with Crippen LogP contribution in [-0.4, -0.2) is 30.3 Å². The second-order valence-electron chi connectivity index (χ2n) is 5.60. The molecule has 0 aromatic rings. The van der Waals surface area contributed by atoms with Crippen LogP contribution in [0.5, 0.6) is 0 Å². The Hall–Kier alpha value is -0.770. The number of hydrogen-bond acceptors (Lipinski definition) is 3. The number of piperidine rings is 1. The zero-order valence-corrected chi connectivity index (χ0v) is 9.67. The standard InChI is InChI=1S/C11H20N2O2/c1-11(2,3)15-10(14)13-9-5-7-4-8(9)12-6-7/h7-9,12H,4-6H2,1-3H3,(H,13,14)/t7-,8+,9-/m1/s1. The molecule has 0 aromatic carbocycles. The number of hydrogen-bond donors (Lipinski definition) is 2. The van der Waals surface area contributed by atoms with E-state index in [9.17, 15) is 4.79 Å². The monoisotopic (exact) mass is 212 g/mol. The van der Waals surface area contributed by atoms with Crippen LogP contribution in [0, 0.1) is 5.92 Å². The van der Waals surface area contributed by atoms with E-state index < -0.39 is 5.60 Å². The van der Waals surface area contributed by atoms with E-state index >= 15 is 0 Å². The third-order valence-corrected chi connectivity index (χ3v) is 3.03. The lowest BCUT2D eigenvalue weighted by molar-refractivity contribution is 0.0494. The highest BCUT2D eigenvalue weighted by atomic mass is 16.6. The molecular weight excluding hydrogens is 192 g/mol. The predicted molar refractivity (Wildman–Crippen MR) is 57.7 cm³/mol. The number of rotatable bonds is 1. The Bertz CT molecular complexity index is 260. The quantitative estimate of drug-likeness (QED) is 0.688.